The number of nitrogens with one attached hydrogen (secondary N) is 1. The summed E-state index contributed by atoms with van der Waals surface area (Å²) in [6.45, 7) is 0.906. The second-order valence-electron chi connectivity index (χ2n) is 4.50. The number of halogens is 4. The molecule has 2 aromatic rings. The molecule has 0 spiro atoms. The first-order valence-corrected chi connectivity index (χ1v) is 6.45. The Hall–Kier alpha value is -2.22. The first-order chi connectivity index (χ1) is 10.2. The summed E-state index contributed by atoms with van der Waals surface area (Å²) in [4.78, 5) is 11.8. The minimum absolute atomic E-state index is 0.0417. The van der Waals surface area contributed by atoms with E-state index in [2.05, 4.69) is 10.4 Å². The Morgan fingerprint density at radius 3 is 2.68 bits per heavy atom. The van der Waals surface area contributed by atoms with E-state index in [0.29, 0.717) is 5.69 Å². The van der Waals surface area contributed by atoms with Crippen LogP contribution in [0.4, 0.5) is 18.9 Å². The van der Waals surface area contributed by atoms with E-state index in [4.69, 9.17) is 11.6 Å². The van der Waals surface area contributed by atoms with Gasteiger partial charge in [-0.2, -0.15) is 18.3 Å². The topological polar surface area (TPSA) is 67.2 Å². The van der Waals surface area contributed by atoms with Gasteiger partial charge in [-0.05, 0) is 19.1 Å². The van der Waals surface area contributed by atoms with Gasteiger partial charge < -0.3 is 10.4 Å². The highest BCUT2D eigenvalue weighted by Crippen LogP contribution is 2.35. The second kappa shape index (κ2) is 5.88. The van der Waals surface area contributed by atoms with Crippen molar-refractivity contribution < 1.29 is 23.1 Å². The third-order valence-electron chi connectivity index (χ3n) is 2.83. The lowest BCUT2D eigenvalue weighted by Gasteiger charge is -2.07. The lowest BCUT2D eigenvalue weighted by atomic mass is 10.3. The molecular weight excluding hydrogens is 323 g/mol. The molecule has 22 heavy (non-hydrogen) atoms. The second-order valence-corrected chi connectivity index (χ2v) is 4.88. The SMILES string of the molecule is Cc1c(Cl)c(C(F)(F)F)nn1CC(=O)Nc1cccc(O)c1. The van der Waals surface area contributed by atoms with Crippen molar-refractivity contribution in [3.05, 3.63) is 40.7 Å². The fourth-order valence-electron chi connectivity index (χ4n) is 1.78. The Balaban J connectivity index is 2.16. The zero-order valence-electron chi connectivity index (χ0n) is 11.3. The van der Waals surface area contributed by atoms with Gasteiger partial charge >= 0.3 is 6.18 Å². The van der Waals surface area contributed by atoms with Crippen LogP contribution < -0.4 is 5.32 Å². The number of carbonyl (C=O) groups is 1. The minimum Gasteiger partial charge on any atom is -0.508 e. The summed E-state index contributed by atoms with van der Waals surface area (Å²) in [6.07, 6.45) is -4.69. The molecule has 0 fully saturated rings. The normalized spacial score (nSPS) is 11.5. The molecule has 0 radical (unpaired) electrons. The summed E-state index contributed by atoms with van der Waals surface area (Å²) < 4.78 is 38.9. The molecule has 0 unspecified atom stereocenters. The molecular formula is C13H11ClF3N3O2. The van der Waals surface area contributed by atoms with E-state index in [1.807, 2.05) is 0 Å². The Morgan fingerprint density at radius 1 is 1.45 bits per heavy atom. The molecule has 0 saturated heterocycles. The highest BCUT2D eigenvalue weighted by molar-refractivity contribution is 6.32. The first-order valence-electron chi connectivity index (χ1n) is 6.07. The van der Waals surface area contributed by atoms with E-state index in [1.165, 1.54) is 31.2 Å². The molecule has 0 atom stereocenters. The van der Waals surface area contributed by atoms with Gasteiger partial charge in [-0.1, -0.05) is 17.7 Å². The molecule has 1 heterocycles. The number of rotatable bonds is 3. The molecule has 0 bridgehead atoms. The van der Waals surface area contributed by atoms with E-state index in [9.17, 15) is 23.1 Å². The van der Waals surface area contributed by atoms with Crippen molar-refractivity contribution in [3.8, 4) is 5.75 Å². The van der Waals surface area contributed by atoms with Crippen LogP contribution >= 0.6 is 11.6 Å². The van der Waals surface area contributed by atoms with Crippen LogP contribution in [0.2, 0.25) is 5.02 Å². The maximum Gasteiger partial charge on any atom is 0.436 e. The molecule has 1 aromatic heterocycles. The van der Waals surface area contributed by atoms with Crippen LogP contribution in [-0.4, -0.2) is 20.8 Å². The van der Waals surface area contributed by atoms with E-state index in [0.717, 1.165) is 4.68 Å². The van der Waals surface area contributed by atoms with Crippen molar-refractivity contribution in [1.29, 1.82) is 0 Å². The van der Waals surface area contributed by atoms with Gasteiger partial charge in [0.1, 0.15) is 12.3 Å². The van der Waals surface area contributed by atoms with E-state index < -0.39 is 29.3 Å². The fraction of sp³-hybridized carbons (Fsp3) is 0.231. The van der Waals surface area contributed by atoms with Crippen molar-refractivity contribution in [1.82, 2.24) is 9.78 Å². The molecule has 1 aromatic carbocycles. The maximum absolute atomic E-state index is 12.7. The van der Waals surface area contributed by atoms with Gasteiger partial charge in [-0.25, -0.2) is 0 Å². The van der Waals surface area contributed by atoms with Crippen LogP contribution in [0, 0.1) is 6.92 Å². The quantitative estimate of drug-likeness (QED) is 0.906. The largest absolute Gasteiger partial charge is 0.508 e. The summed E-state index contributed by atoms with van der Waals surface area (Å²) in [6, 6.07) is 5.77. The van der Waals surface area contributed by atoms with Crippen LogP contribution in [0.1, 0.15) is 11.4 Å². The Labute approximate surface area is 128 Å². The number of phenolic OH excluding ortho intramolecular Hbond substituents is 1. The smallest absolute Gasteiger partial charge is 0.436 e. The number of benzene rings is 1. The third-order valence-corrected chi connectivity index (χ3v) is 3.28. The Kier molecular flexibility index (Phi) is 4.32. The van der Waals surface area contributed by atoms with Gasteiger partial charge in [0.2, 0.25) is 5.91 Å². The predicted octanol–water partition coefficient (Wildman–Crippen LogP) is 3.21. The van der Waals surface area contributed by atoms with Crippen LogP contribution in [0.15, 0.2) is 24.3 Å². The summed E-state index contributed by atoms with van der Waals surface area (Å²) in [5, 5.41) is 14.5. The molecule has 1 amide bonds. The number of amides is 1. The summed E-state index contributed by atoms with van der Waals surface area (Å²) in [5.41, 5.74) is -0.867. The molecule has 5 nitrogen and oxygen atoms in total. The maximum atomic E-state index is 12.7. The summed E-state index contributed by atoms with van der Waals surface area (Å²) in [5.74, 6) is -0.642. The van der Waals surface area contributed by atoms with Gasteiger partial charge in [-0.3, -0.25) is 9.48 Å². The Morgan fingerprint density at radius 2 is 2.14 bits per heavy atom. The number of nitrogens with zero attached hydrogens (tertiary/aromatic N) is 2. The third kappa shape index (κ3) is 3.51. The predicted molar refractivity (Wildman–Crippen MR) is 73.7 cm³/mol. The zero-order valence-corrected chi connectivity index (χ0v) is 12.0. The average Bonchev–Trinajstić information content (AvgIpc) is 2.67. The number of phenols is 1. The van der Waals surface area contributed by atoms with Crippen molar-refractivity contribution in [2.75, 3.05) is 5.32 Å². The van der Waals surface area contributed by atoms with Crippen LogP contribution in [-0.2, 0) is 17.5 Å². The number of hydrogen-bond donors (Lipinski definition) is 2. The lowest BCUT2D eigenvalue weighted by Crippen LogP contribution is -2.20. The standard InChI is InChI=1S/C13H11ClF3N3O2/c1-7-11(14)12(13(15,16)17)19-20(7)6-10(22)18-8-3-2-4-9(21)5-8/h2-5,21H,6H2,1H3,(H,18,22). The summed E-state index contributed by atoms with van der Waals surface area (Å²) >= 11 is 5.59. The molecule has 9 heteroatoms. The number of aromatic hydroxyl groups is 1. The zero-order chi connectivity index (χ0) is 16.5. The van der Waals surface area contributed by atoms with E-state index >= 15 is 0 Å². The monoisotopic (exact) mass is 333 g/mol. The van der Waals surface area contributed by atoms with Gasteiger partial charge in [0.05, 0.1) is 10.7 Å². The van der Waals surface area contributed by atoms with Gasteiger partial charge in [-0.15, -0.1) is 0 Å². The average molecular weight is 334 g/mol. The minimum atomic E-state index is -4.69. The van der Waals surface area contributed by atoms with Crippen molar-refractivity contribution >= 4 is 23.2 Å². The highest BCUT2D eigenvalue weighted by atomic mass is 35.5. The number of alkyl halides is 3. The molecule has 0 saturated carbocycles. The molecule has 118 valence electrons. The first kappa shape index (κ1) is 16.2. The van der Waals surface area contributed by atoms with Crippen molar-refractivity contribution in [2.45, 2.75) is 19.6 Å². The van der Waals surface area contributed by atoms with E-state index in [-0.39, 0.29) is 11.4 Å². The van der Waals surface area contributed by atoms with Gasteiger partial charge in [0, 0.05) is 11.8 Å². The number of hydrogen-bond acceptors (Lipinski definition) is 3. The molecule has 2 N–H and O–H groups in total. The van der Waals surface area contributed by atoms with Crippen LogP contribution in [0.25, 0.3) is 0 Å². The molecule has 2 rings (SSSR count). The van der Waals surface area contributed by atoms with Crippen molar-refractivity contribution in [2.24, 2.45) is 0 Å². The molecule has 0 aliphatic rings. The number of anilines is 1. The summed E-state index contributed by atoms with van der Waals surface area (Å²) in [7, 11) is 0. The van der Waals surface area contributed by atoms with E-state index in [1.54, 1.807) is 0 Å². The molecule has 0 aliphatic heterocycles. The Bertz CT molecular complexity index is 713. The van der Waals surface area contributed by atoms with Gasteiger partial charge in [0.25, 0.3) is 0 Å². The van der Waals surface area contributed by atoms with Crippen LogP contribution in [0.3, 0.4) is 0 Å². The highest BCUT2D eigenvalue weighted by Gasteiger charge is 2.38. The fourth-order valence-corrected chi connectivity index (χ4v) is 2.02. The lowest BCUT2D eigenvalue weighted by molar-refractivity contribution is -0.141. The number of carbonyl (C=O) groups excluding carboxylic acids is 1. The van der Waals surface area contributed by atoms with Crippen molar-refractivity contribution in [3.63, 3.8) is 0 Å². The van der Waals surface area contributed by atoms with Gasteiger partial charge in [0.15, 0.2) is 5.69 Å². The number of aromatic nitrogens is 2. The molecule has 0 aliphatic carbocycles. The van der Waals surface area contributed by atoms with Crippen LogP contribution in [0.5, 0.6) is 5.75 Å².